The van der Waals surface area contributed by atoms with Crippen molar-refractivity contribution < 1.29 is 14.3 Å². The lowest BCUT2D eigenvalue weighted by atomic mass is 9.99. The summed E-state index contributed by atoms with van der Waals surface area (Å²) in [5, 5.41) is 0. The Bertz CT molecular complexity index is 665. The fourth-order valence-electron chi connectivity index (χ4n) is 3.77. The molecule has 0 radical (unpaired) electrons. The molecule has 2 heterocycles. The van der Waals surface area contributed by atoms with Crippen LogP contribution in [0.5, 0.6) is 0 Å². The number of morpholine rings is 1. The van der Waals surface area contributed by atoms with Crippen molar-refractivity contribution in [2.45, 2.75) is 13.0 Å². The smallest absolute Gasteiger partial charge is 0.320 e. The van der Waals surface area contributed by atoms with Gasteiger partial charge in [0.1, 0.15) is 6.04 Å². The van der Waals surface area contributed by atoms with Crippen LogP contribution in [0.2, 0.25) is 0 Å². The number of carbonyl (C=O) groups is 2. The number of likely N-dealkylation sites (N-methyl/N-ethyl adjacent to an activating group) is 1. The molecule has 0 saturated carbocycles. The van der Waals surface area contributed by atoms with E-state index >= 15 is 0 Å². The highest BCUT2D eigenvalue weighted by Gasteiger charge is 2.33. The second-order valence-electron chi connectivity index (χ2n) is 7.42. The van der Waals surface area contributed by atoms with Gasteiger partial charge >= 0.3 is 6.03 Å². The lowest BCUT2D eigenvalue weighted by Gasteiger charge is -2.40. The SMILES string of the molecule is Cc1ccccc1[C@@H](C(=O)N1CCN(C(=O)N2CCOCC2)CC1)N(C)C. The summed E-state index contributed by atoms with van der Waals surface area (Å²) in [6.45, 7) is 6.85. The van der Waals surface area contributed by atoms with Crippen LogP contribution in [0.4, 0.5) is 4.79 Å². The maximum atomic E-state index is 13.2. The van der Waals surface area contributed by atoms with E-state index in [0.717, 1.165) is 11.1 Å². The van der Waals surface area contributed by atoms with Crippen LogP contribution in [-0.2, 0) is 9.53 Å². The van der Waals surface area contributed by atoms with Gasteiger partial charge in [0, 0.05) is 39.3 Å². The molecule has 2 fully saturated rings. The van der Waals surface area contributed by atoms with Crippen LogP contribution in [-0.4, -0.2) is 98.1 Å². The van der Waals surface area contributed by atoms with Gasteiger partial charge in [-0.15, -0.1) is 0 Å². The molecule has 0 N–H and O–H groups in total. The van der Waals surface area contributed by atoms with E-state index in [9.17, 15) is 9.59 Å². The number of aryl methyl sites for hydroxylation is 1. The highest BCUT2D eigenvalue weighted by atomic mass is 16.5. The Labute approximate surface area is 161 Å². The number of hydrogen-bond acceptors (Lipinski definition) is 4. The molecule has 2 aliphatic rings. The van der Waals surface area contributed by atoms with Crippen LogP contribution < -0.4 is 0 Å². The van der Waals surface area contributed by atoms with E-state index < -0.39 is 0 Å². The molecule has 0 bridgehead atoms. The summed E-state index contributed by atoms with van der Waals surface area (Å²) in [4.78, 5) is 33.4. The van der Waals surface area contributed by atoms with E-state index in [1.807, 2.05) is 64.9 Å². The van der Waals surface area contributed by atoms with Gasteiger partial charge in [-0.3, -0.25) is 9.69 Å². The van der Waals surface area contributed by atoms with E-state index in [0.29, 0.717) is 52.5 Å². The number of urea groups is 1. The molecular weight excluding hydrogens is 344 g/mol. The van der Waals surface area contributed by atoms with E-state index in [4.69, 9.17) is 4.74 Å². The number of piperazine rings is 1. The molecule has 7 heteroatoms. The van der Waals surface area contributed by atoms with Crippen molar-refractivity contribution in [2.75, 3.05) is 66.6 Å². The number of ether oxygens (including phenoxy) is 1. The number of benzene rings is 1. The van der Waals surface area contributed by atoms with Gasteiger partial charge in [-0.25, -0.2) is 4.79 Å². The standard InChI is InChI=1S/C20H30N4O3/c1-16-6-4-5-7-17(16)18(21(2)3)19(25)22-8-10-23(11-9-22)20(26)24-12-14-27-15-13-24/h4-7,18H,8-15H2,1-3H3/t18-/m0/s1. The molecule has 0 aromatic heterocycles. The highest BCUT2D eigenvalue weighted by Crippen LogP contribution is 2.24. The Morgan fingerprint density at radius 1 is 0.926 bits per heavy atom. The van der Waals surface area contributed by atoms with Gasteiger partial charge in [0.05, 0.1) is 13.2 Å². The van der Waals surface area contributed by atoms with Gasteiger partial charge in [0.15, 0.2) is 0 Å². The molecule has 27 heavy (non-hydrogen) atoms. The molecule has 0 unspecified atom stereocenters. The molecule has 3 amide bonds. The molecule has 0 aliphatic carbocycles. The number of carbonyl (C=O) groups excluding carboxylic acids is 2. The molecule has 0 spiro atoms. The van der Waals surface area contributed by atoms with Crippen LogP contribution in [0.15, 0.2) is 24.3 Å². The third-order valence-electron chi connectivity index (χ3n) is 5.38. The van der Waals surface area contributed by atoms with E-state index in [2.05, 4.69) is 0 Å². The minimum Gasteiger partial charge on any atom is -0.378 e. The van der Waals surface area contributed by atoms with Crippen molar-refractivity contribution in [3.8, 4) is 0 Å². The quantitative estimate of drug-likeness (QED) is 0.798. The van der Waals surface area contributed by atoms with Crippen LogP contribution >= 0.6 is 0 Å². The predicted octanol–water partition coefficient (Wildman–Crippen LogP) is 1.19. The normalized spacial score (nSPS) is 19.3. The number of rotatable bonds is 3. The lowest BCUT2D eigenvalue weighted by Crippen LogP contribution is -2.56. The van der Waals surface area contributed by atoms with Crippen LogP contribution in [0.1, 0.15) is 17.2 Å². The van der Waals surface area contributed by atoms with Crippen molar-refractivity contribution in [3.63, 3.8) is 0 Å². The molecule has 1 atom stereocenters. The zero-order valence-electron chi connectivity index (χ0n) is 16.6. The lowest BCUT2D eigenvalue weighted by molar-refractivity contribution is -0.137. The summed E-state index contributed by atoms with van der Waals surface area (Å²) in [5.41, 5.74) is 2.16. The van der Waals surface area contributed by atoms with Crippen molar-refractivity contribution in [1.82, 2.24) is 19.6 Å². The monoisotopic (exact) mass is 374 g/mol. The third kappa shape index (κ3) is 4.42. The molecular formula is C20H30N4O3. The Morgan fingerprint density at radius 3 is 2.07 bits per heavy atom. The van der Waals surface area contributed by atoms with Gasteiger partial charge in [-0.1, -0.05) is 24.3 Å². The minimum absolute atomic E-state index is 0.0634. The molecule has 2 aliphatic heterocycles. The van der Waals surface area contributed by atoms with E-state index in [1.54, 1.807) is 0 Å². The first-order chi connectivity index (χ1) is 13.0. The van der Waals surface area contributed by atoms with Gasteiger partial charge < -0.3 is 19.4 Å². The first-order valence-corrected chi connectivity index (χ1v) is 9.61. The van der Waals surface area contributed by atoms with Crippen molar-refractivity contribution in [3.05, 3.63) is 35.4 Å². The zero-order chi connectivity index (χ0) is 19.4. The van der Waals surface area contributed by atoms with E-state index in [-0.39, 0.29) is 18.0 Å². The maximum Gasteiger partial charge on any atom is 0.320 e. The number of hydrogen-bond donors (Lipinski definition) is 0. The highest BCUT2D eigenvalue weighted by molar-refractivity contribution is 5.84. The van der Waals surface area contributed by atoms with Crippen LogP contribution in [0.25, 0.3) is 0 Å². The maximum absolute atomic E-state index is 13.2. The molecule has 2 saturated heterocycles. The van der Waals surface area contributed by atoms with Crippen LogP contribution in [0, 0.1) is 6.92 Å². The molecule has 7 nitrogen and oxygen atoms in total. The number of amides is 3. The fraction of sp³-hybridized carbons (Fsp3) is 0.600. The van der Waals surface area contributed by atoms with E-state index in [1.165, 1.54) is 0 Å². The van der Waals surface area contributed by atoms with Gasteiger partial charge in [0.25, 0.3) is 0 Å². The zero-order valence-corrected chi connectivity index (χ0v) is 16.6. The summed E-state index contributed by atoms with van der Waals surface area (Å²) < 4.78 is 5.32. The Morgan fingerprint density at radius 2 is 1.48 bits per heavy atom. The average Bonchev–Trinajstić information content (AvgIpc) is 2.69. The van der Waals surface area contributed by atoms with Gasteiger partial charge in [-0.2, -0.15) is 0 Å². The largest absolute Gasteiger partial charge is 0.378 e. The van der Waals surface area contributed by atoms with Crippen molar-refractivity contribution >= 4 is 11.9 Å². The van der Waals surface area contributed by atoms with Crippen LogP contribution in [0.3, 0.4) is 0 Å². The summed E-state index contributed by atoms with van der Waals surface area (Å²) in [5.74, 6) is 0.104. The van der Waals surface area contributed by atoms with Gasteiger partial charge in [-0.05, 0) is 32.1 Å². The summed E-state index contributed by atoms with van der Waals surface area (Å²) in [6, 6.07) is 7.80. The summed E-state index contributed by atoms with van der Waals surface area (Å²) in [7, 11) is 3.88. The Hall–Kier alpha value is -2.12. The molecule has 3 rings (SSSR count). The molecule has 1 aromatic rings. The number of nitrogens with zero attached hydrogens (tertiary/aromatic N) is 4. The molecule has 148 valence electrons. The second kappa shape index (κ2) is 8.71. The molecule has 1 aromatic carbocycles. The second-order valence-corrected chi connectivity index (χ2v) is 7.42. The Balaban J connectivity index is 1.63. The third-order valence-corrected chi connectivity index (χ3v) is 5.38. The first kappa shape index (κ1) is 19.6. The summed E-state index contributed by atoms with van der Waals surface area (Å²) >= 11 is 0. The average molecular weight is 374 g/mol. The topological polar surface area (TPSA) is 56.3 Å². The fourth-order valence-corrected chi connectivity index (χ4v) is 3.77. The minimum atomic E-state index is -0.298. The predicted molar refractivity (Wildman–Crippen MR) is 104 cm³/mol. The summed E-state index contributed by atoms with van der Waals surface area (Å²) in [6.07, 6.45) is 0. The van der Waals surface area contributed by atoms with Crippen molar-refractivity contribution in [1.29, 1.82) is 0 Å². The first-order valence-electron chi connectivity index (χ1n) is 9.61. The van der Waals surface area contributed by atoms with Gasteiger partial charge in [0.2, 0.25) is 5.91 Å². The van der Waals surface area contributed by atoms with Crippen molar-refractivity contribution in [2.24, 2.45) is 0 Å². The Kier molecular flexibility index (Phi) is 6.34.